The van der Waals surface area contributed by atoms with Crippen molar-refractivity contribution in [1.82, 2.24) is 14.9 Å². The van der Waals surface area contributed by atoms with E-state index < -0.39 is 0 Å². The van der Waals surface area contributed by atoms with Crippen molar-refractivity contribution < 1.29 is 0 Å². The summed E-state index contributed by atoms with van der Waals surface area (Å²) >= 11 is 0. The standard InChI is InChI=1S/C26H30N6/c1-20-13-14-32(22-11-7-4-8-12-22)25-23(20)24(27-2)28-26(29-25)31-17-15-30(16-18-31)19-21-9-5-3-6-10-21/h3-12H,1,13-19H2,2H3,(H,27,28,29). The molecule has 164 valence electrons. The molecule has 32 heavy (non-hydrogen) atoms. The molecule has 0 radical (unpaired) electrons. The first-order valence-corrected chi connectivity index (χ1v) is 11.3. The van der Waals surface area contributed by atoms with Crippen molar-refractivity contribution in [3.05, 3.63) is 78.4 Å². The molecule has 0 atom stereocenters. The molecule has 0 spiro atoms. The second-order valence-electron chi connectivity index (χ2n) is 8.41. The topological polar surface area (TPSA) is 47.5 Å². The third kappa shape index (κ3) is 4.06. The maximum Gasteiger partial charge on any atom is 0.229 e. The van der Waals surface area contributed by atoms with Crippen LogP contribution < -0.4 is 15.1 Å². The van der Waals surface area contributed by atoms with E-state index in [0.29, 0.717) is 0 Å². The average Bonchev–Trinajstić information content (AvgIpc) is 2.85. The van der Waals surface area contributed by atoms with Crippen molar-refractivity contribution in [2.24, 2.45) is 0 Å². The molecule has 2 aliphatic heterocycles. The molecule has 6 heteroatoms. The summed E-state index contributed by atoms with van der Waals surface area (Å²) in [7, 11) is 1.93. The van der Waals surface area contributed by atoms with Crippen molar-refractivity contribution in [2.45, 2.75) is 13.0 Å². The number of hydrogen-bond donors (Lipinski definition) is 1. The highest BCUT2D eigenvalue weighted by molar-refractivity contribution is 5.87. The molecule has 1 aromatic heterocycles. The van der Waals surface area contributed by atoms with Crippen LogP contribution in [0.15, 0.2) is 67.2 Å². The van der Waals surface area contributed by atoms with Crippen LogP contribution in [-0.4, -0.2) is 54.6 Å². The first-order valence-electron chi connectivity index (χ1n) is 11.3. The van der Waals surface area contributed by atoms with E-state index >= 15 is 0 Å². The summed E-state index contributed by atoms with van der Waals surface area (Å²) in [6, 6.07) is 21.2. The smallest absolute Gasteiger partial charge is 0.229 e. The zero-order chi connectivity index (χ0) is 21.9. The molecule has 1 N–H and O–H groups in total. The van der Waals surface area contributed by atoms with Crippen molar-refractivity contribution in [2.75, 3.05) is 54.9 Å². The van der Waals surface area contributed by atoms with Gasteiger partial charge in [0.25, 0.3) is 0 Å². The Balaban J connectivity index is 1.40. The first-order chi connectivity index (χ1) is 15.7. The Morgan fingerprint density at radius 2 is 1.56 bits per heavy atom. The highest BCUT2D eigenvalue weighted by Crippen LogP contribution is 2.41. The molecule has 2 aliphatic rings. The van der Waals surface area contributed by atoms with Crippen molar-refractivity contribution >= 4 is 28.8 Å². The minimum atomic E-state index is 0.795. The van der Waals surface area contributed by atoms with Crippen LogP contribution >= 0.6 is 0 Å². The summed E-state index contributed by atoms with van der Waals surface area (Å²) in [5.41, 5.74) is 4.64. The molecule has 0 saturated carbocycles. The van der Waals surface area contributed by atoms with E-state index in [-0.39, 0.29) is 0 Å². The summed E-state index contributed by atoms with van der Waals surface area (Å²) in [4.78, 5) is 17.1. The lowest BCUT2D eigenvalue weighted by atomic mass is 10.00. The molecule has 0 bridgehead atoms. The van der Waals surface area contributed by atoms with Crippen LogP contribution in [-0.2, 0) is 6.54 Å². The Kier molecular flexibility index (Phi) is 5.77. The monoisotopic (exact) mass is 426 g/mol. The largest absolute Gasteiger partial charge is 0.372 e. The lowest BCUT2D eigenvalue weighted by molar-refractivity contribution is 0.248. The highest BCUT2D eigenvalue weighted by Gasteiger charge is 2.29. The molecule has 1 fully saturated rings. The Hall–Kier alpha value is -3.38. The molecule has 3 heterocycles. The van der Waals surface area contributed by atoms with E-state index in [1.165, 1.54) is 5.56 Å². The van der Waals surface area contributed by atoms with E-state index in [0.717, 1.165) is 80.1 Å². The molecular formula is C26H30N6. The number of nitrogens with zero attached hydrogens (tertiary/aromatic N) is 5. The van der Waals surface area contributed by atoms with Gasteiger partial charge in [-0.25, -0.2) is 0 Å². The van der Waals surface area contributed by atoms with Gasteiger partial charge in [0.05, 0.1) is 5.56 Å². The van der Waals surface area contributed by atoms with Gasteiger partial charge < -0.3 is 15.1 Å². The van der Waals surface area contributed by atoms with Crippen LogP contribution in [0, 0.1) is 0 Å². The van der Waals surface area contributed by atoms with E-state index in [1.807, 2.05) is 13.1 Å². The summed E-state index contributed by atoms with van der Waals surface area (Å²) in [5.74, 6) is 2.61. The van der Waals surface area contributed by atoms with E-state index in [2.05, 4.69) is 81.2 Å². The van der Waals surface area contributed by atoms with Gasteiger partial charge in [0.15, 0.2) is 0 Å². The number of rotatable bonds is 5. The number of para-hydroxylation sites is 1. The Morgan fingerprint density at radius 1 is 0.875 bits per heavy atom. The molecule has 6 nitrogen and oxygen atoms in total. The van der Waals surface area contributed by atoms with Gasteiger partial charge in [0, 0.05) is 52.0 Å². The third-order valence-electron chi connectivity index (χ3n) is 6.33. The maximum absolute atomic E-state index is 5.08. The van der Waals surface area contributed by atoms with E-state index in [9.17, 15) is 0 Å². The maximum atomic E-state index is 5.08. The van der Waals surface area contributed by atoms with Gasteiger partial charge in [-0.2, -0.15) is 9.97 Å². The highest BCUT2D eigenvalue weighted by atomic mass is 15.3. The zero-order valence-electron chi connectivity index (χ0n) is 18.7. The predicted molar refractivity (Wildman–Crippen MR) is 133 cm³/mol. The molecule has 3 aromatic rings. The second-order valence-corrected chi connectivity index (χ2v) is 8.41. The van der Waals surface area contributed by atoms with Gasteiger partial charge >= 0.3 is 0 Å². The lowest BCUT2D eigenvalue weighted by Gasteiger charge is -2.37. The Morgan fingerprint density at radius 3 is 2.25 bits per heavy atom. The summed E-state index contributed by atoms with van der Waals surface area (Å²) in [5, 5.41) is 3.30. The molecule has 0 unspecified atom stereocenters. The molecule has 5 rings (SSSR count). The van der Waals surface area contributed by atoms with Crippen LogP contribution in [0.1, 0.15) is 17.5 Å². The number of piperazine rings is 1. The summed E-state index contributed by atoms with van der Waals surface area (Å²) < 4.78 is 0. The van der Waals surface area contributed by atoms with Gasteiger partial charge in [-0.15, -0.1) is 0 Å². The predicted octanol–water partition coefficient (Wildman–Crippen LogP) is 4.40. The average molecular weight is 427 g/mol. The van der Waals surface area contributed by atoms with Crippen LogP contribution in [0.4, 0.5) is 23.3 Å². The van der Waals surface area contributed by atoms with Crippen molar-refractivity contribution in [1.29, 1.82) is 0 Å². The van der Waals surface area contributed by atoms with E-state index in [1.54, 1.807) is 0 Å². The second kappa shape index (κ2) is 9.01. The molecular weight excluding hydrogens is 396 g/mol. The molecule has 1 saturated heterocycles. The van der Waals surface area contributed by atoms with E-state index in [4.69, 9.17) is 9.97 Å². The summed E-state index contributed by atoms with van der Waals surface area (Å²) in [6.45, 7) is 10.0. The lowest BCUT2D eigenvalue weighted by Crippen LogP contribution is -2.46. The van der Waals surface area contributed by atoms with Gasteiger partial charge in [-0.3, -0.25) is 4.90 Å². The van der Waals surface area contributed by atoms with Crippen LogP contribution in [0.2, 0.25) is 0 Å². The Bertz CT molecular complexity index is 1070. The number of fused-ring (bicyclic) bond motifs is 1. The normalized spacial score (nSPS) is 16.7. The fraction of sp³-hybridized carbons (Fsp3) is 0.308. The van der Waals surface area contributed by atoms with Crippen molar-refractivity contribution in [3.63, 3.8) is 0 Å². The van der Waals surface area contributed by atoms with Crippen LogP contribution in [0.3, 0.4) is 0 Å². The third-order valence-corrected chi connectivity index (χ3v) is 6.33. The first kappa shape index (κ1) is 20.5. The quantitative estimate of drug-likeness (QED) is 0.653. The van der Waals surface area contributed by atoms with Crippen molar-refractivity contribution in [3.8, 4) is 0 Å². The Labute approximate surface area is 190 Å². The molecule has 2 aromatic carbocycles. The van der Waals surface area contributed by atoms with Gasteiger partial charge in [0.1, 0.15) is 11.6 Å². The number of nitrogens with one attached hydrogen (secondary N) is 1. The van der Waals surface area contributed by atoms with Crippen LogP contribution in [0.5, 0.6) is 0 Å². The molecule has 0 amide bonds. The summed E-state index contributed by atoms with van der Waals surface area (Å²) in [6.07, 6.45) is 0.900. The van der Waals surface area contributed by atoms with Gasteiger partial charge in [-0.05, 0) is 29.7 Å². The number of hydrogen-bond acceptors (Lipinski definition) is 6. The number of aromatic nitrogens is 2. The SMILES string of the molecule is C=C1CCN(c2ccccc2)c2nc(N3CCN(Cc4ccccc4)CC3)nc(NC)c21. The number of anilines is 4. The zero-order valence-corrected chi connectivity index (χ0v) is 18.7. The minimum absolute atomic E-state index is 0.795. The fourth-order valence-electron chi connectivity index (χ4n) is 4.57. The van der Waals surface area contributed by atoms with Gasteiger partial charge in [0.2, 0.25) is 5.95 Å². The van der Waals surface area contributed by atoms with Crippen LogP contribution in [0.25, 0.3) is 5.57 Å². The minimum Gasteiger partial charge on any atom is -0.372 e. The molecule has 0 aliphatic carbocycles. The number of benzene rings is 2. The van der Waals surface area contributed by atoms with Gasteiger partial charge in [-0.1, -0.05) is 55.1 Å². The fourth-order valence-corrected chi connectivity index (χ4v) is 4.57.